The molecule has 0 saturated carbocycles. The number of nitrogens with two attached hydrogens (primary N) is 1. The molecule has 0 heterocycles. The molecule has 0 aliphatic carbocycles. The van der Waals surface area contributed by atoms with Crippen LogP contribution in [0.3, 0.4) is 0 Å². The maximum absolute atomic E-state index is 8.70. The van der Waals surface area contributed by atoms with E-state index in [1.165, 1.54) is 0 Å². The van der Waals surface area contributed by atoms with Gasteiger partial charge in [-0.3, -0.25) is 0 Å². The SMILES string of the molecule is N#CCc1cc(Oc2ccc(Br)cc2)ccc1N. The number of halogens is 1. The van der Waals surface area contributed by atoms with E-state index >= 15 is 0 Å². The van der Waals surface area contributed by atoms with Crippen LogP contribution in [0.5, 0.6) is 11.5 Å². The third-order valence-corrected chi connectivity index (χ3v) is 2.96. The number of ether oxygens (including phenoxy) is 1. The lowest BCUT2D eigenvalue weighted by Gasteiger charge is -2.08. The molecule has 4 heteroatoms. The van der Waals surface area contributed by atoms with Gasteiger partial charge in [0.05, 0.1) is 12.5 Å². The van der Waals surface area contributed by atoms with E-state index in [-0.39, 0.29) is 6.42 Å². The van der Waals surface area contributed by atoms with E-state index in [1.807, 2.05) is 24.3 Å². The average Bonchev–Trinajstić information content (AvgIpc) is 2.37. The van der Waals surface area contributed by atoms with Crippen LogP contribution in [0.25, 0.3) is 0 Å². The number of nitrogen functional groups attached to an aromatic ring is 1. The number of nitriles is 1. The van der Waals surface area contributed by atoms with E-state index in [1.54, 1.807) is 18.2 Å². The van der Waals surface area contributed by atoms with Crippen molar-refractivity contribution in [2.45, 2.75) is 6.42 Å². The smallest absolute Gasteiger partial charge is 0.127 e. The molecule has 0 saturated heterocycles. The molecule has 3 nitrogen and oxygen atoms in total. The maximum Gasteiger partial charge on any atom is 0.127 e. The molecule has 2 aromatic rings. The van der Waals surface area contributed by atoms with Crippen molar-refractivity contribution in [1.82, 2.24) is 0 Å². The molecule has 0 aromatic heterocycles. The van der Waals surface area contributed by atoms with Crippen LogP contribution in [0.1, 0.15) is 5.56 Å². The average molecular weight is 303 g/mol. The van der Waals surface area contributed by atoms with Gasteiger partial charge in [-0.05, 0) is 48.0 Å². The highest BCUT2D eigenvalue weighted by molar-refractivity contribution is 9.10. The molecule has 0 aliphatic rings. The Kier molecular flexibility index (Phi) is 3.85. The van der Waals surface area contributed by atoms with Gasteiger partial charge in [-0.1, -0.05) is 15.9 Å². The van der Waals surface area contributed by atoms with Crippen LogP contribution >= 0.6 is 15.9 Å². The summed E-state index contributed by atoms with van der Waals surface area (Å²) < 4.78 is 6.69. The summed E-state index contributed by atoms with van der Waals surface area (Å²) in [5, 5.41) is 8.70. The van der Waals surface area contributed by atoms with Crippen LogP contribution in [0.2, 0.25) is 0 Å². The molecule has 0 unspecified atom stereocenters. The minimum atomic E-state index is 0.281. The second-order valence-electron chi connectivity index (χ2n) is 3.75. The van der Waals surface area contributed by atoms with Crippen molar-refractivity contribution < 1.29 is 4.74 Å². The van der Waals surface area contributed by atoms with E-state index in [0.29, 0.717) is 11.4 Å². The predicted octanol–water partition coefficient (Wildman–Crippen LogP) is 3.89. The fourth-order valence-electron chi connectivity index (χ4n) is 1.52. The highest BCUT2D eigenvalue weighted by atomic mass is 79.9. The molecule has 0 amide bonds. The molecule has 2 rings (SSSR count). The zero-order valence-electron chi connectivity index (χ0n) is 9.56. The largest absolute Gasteiger partial charge is 0.457 e. The standard InChI is InChI=1S/C14H11BrN2O/c15-11-1-3-12(4-2-11)18-13-5-6-14(17)10(9-13)7-8-16/h1-6,9H,7,17H2. The lowest BCUT2D eigenvalue weighted by molar-refractivity contribution is 0.482. The van der Waals surface area contributed by atoms with Crippen molar-refractivity contribution in [2.24, 2.45) is 0 Å². The highest BCUT2D eigenvalue weighted by Gasteiger charge is 2.03. The van der Waals surface area contributed by atoms with Crippen molar-refractivity contribution in [3.8, 4) is 17.6 Å². The Bertz CT molecular complexity index is 588. The quantitative estimate of drug-likeness (QED) is 0.875. The Hall–Kier alpha value is -1.99. The monoisotopic (exact) mass is 302 g/mol. The van der Waals surface area contributed by atoms with Crippen molar-refractivity contribution >= 4 is 21.6 Å². The molecular weight excluding hydrogens is 292 g/mol. The first-order valence-corrected chi connectivity index (χ1v) is 6.17. The van der Waals surface area contributed by atoms with Gasteiger partial charge in [-0.25, -0.2) is 0 Å². The molecule has 18 heavy (non-hydrogen) atoms. The van der Waals surface area contributed by atoms with Gasteiger partial charge in [0.2, 0.25) is 0 Å². The zero-order valence-corrected chi connectivity index (χ0v) is 11.1. The van der Waals surface area contributed by atoms with Crippen LogP contribution in [0, 0.1) is 11.3 Å². The van der Waals surface area contributed by atoms with Crippen LogP contribution in [0.4, 0.5) is 5.69 Å². The van der Waals surface area contributed by atoms with Crippen LogP contribution in [-0.4, -0.2) is 0 Å². The lowest BCUT2D eigenvalue weighted by Crippen LogP contribution is -1.94. The van der Waals surface area contributed by atoms with E-state index in [0.717, 1.165) is 15.8 Å². The second kappa shape index (κ2) is 5.56. The van der Waals surface area contributed by atoms with Crippen molar-refractivity contribution in [1.29, 1.82) is 5.26 Å². The van der Waals surface area contributed by atoms with E-state index in [9.17, 15) is 0 Å². The van der Waals surface area contributed by atoms with Crippen molar-refractivity contribution in [2.75, 3.05) is 5.73 Å². The summed E-state index contributed by atoms with van der Waals surface area (Å²) in [4.78, 5) is 0. The highest BCUT2D eigenvalue weighted by Crippen LogP contribution is 2.26. The molecule has 90 valence electrons. The Balaban J connectivity index is 2.22. The summed E-state index contributed by atoms with van der Waals surface area (Å²) in [6.45, 7) is 0. The third-order valence-electron chi connectivity index (χ3n) is 2.43. The van der Waals surface area contributed by atoms with Gasteiger partial charge in [0, 0.05) is 10.2 Å². The molecule has 0 radical (unpaired) electrons. The fraction of sp³-hybridized carbons (Fsp3) is 0.0714. The lowest BCUT2D eigenvalue weighted by atomic mass is 10.1. The topological polar surface area (TPSA) is 59.0 Å². The van der Waals surface area contributed by atoms with Gasteiger partial charge >= 0.3 is 0 Å². The summed E-state index contributed by atoms with van der Waals surface area (Å²) in [6, 6.07) is 15.0. The first kappa shape index (κ1) is 12.5. The molecule has 0 aliphatic heterocycles. The molecular formula is C14H11BrN2O. The summed E-state index contributed by atoms with van der Waals surface area (Å²) in [7, 11) is 0. The Morgan fingerprint density at radius 3 is 2.44 bits per heavy atom. The molecule has 0 spiro atoms. The number of hydrogen-bond donors (Lipinski definition) is 1. The molecule has 2 N–H and O–H groups in total. The van der Waals surface area contributed by atoms with Gasteiger partial charge in [0.25, 0.3) is 0 Å². The van der Waals surface area contributed by atoms with E-state index < -0.39 is 0 Å². The molecule has 0 bridgehead atoms. The summed E-state index contributed by atoms with van der Waals surface area (Å²) in [6.07, 6.45) is 0.281. The number of rotatable bonds is 3. The maximum atomic E-state index is 8.70. The first-order chi connectivity index (χ1) is 8.69. The third kappa shape index (κ3) is 3.02. The molecule has 2 aromatic carbocycles. The van der Waals surface area contributed by atoms with Crippen LogP contribution in [0.15, 0.2) is 46.9 Å². The summed E-state index contributed by atoms with van der Waals surface area (Å²) in [5.41, 5.74) is 7.17. The number of nitrogens with zero attached hydrogens (tertiary/aromatic N) is 1. The minimum Gasteiger partial charge on any atom is -0.457 e. The zero-order chi connectivity index (χ0) is 13.0. The number of hydrogen-bond acceptors (Lipinski definition) is 3. The number of anilines is 1. The second-order valence-corrected chi connectivity index (χ2v) is 4.67. The van der Waals surface area contributed by atoms with Gasteiger partial charge < -0.3 is 10.5 Å². The summed E-state index contributed by atoms with van der Waals surface area (Å²) >= 11 is 3.36. The van der Waals surface area contributed by atoms with Gasteiger partial charge in [0.15, 0.2) is 0 Å². The Labute approximate surface area is 114 Å². The van der Waals surface area contributed by atoms with E-state index in [2.05, 4.69) is 22.0 Å². The first-order valence-electron chi connectivity index (χ1n) is 5.38. The normalized spacial score (nSPS) is 9.78. The van der Waals surface area contributed by atoms with Gasteiger partial charge in [-0.2, -0.15) is 5.26 Å². The van der Waals surface area contributed by atoms with Crippen molar-refractivity contribution in [3.63, 3.8) is 0 Å². The van der Waals surface area contributed by atoms with Gasteiger partial charge in [0.1, 0.15) is 11.5 Å². The van der Waals surface area contributed by atoms with Crippen molar-refractivity contribution in [3.05, 3.63) is 52.5 Å². The minimum absolute atomic E-state index is 0.281. The molecule has 0 fully saturated rings. The molecule has 0 atom stereocenters. The number of benzene rings is 2. The van der Waals surface area contributed by atoms with Gasteiger partial charge in [-0.15, -0.1) is 0 Å². The van der Waals surface area contributed by atoms with Crippen LogP contribution < -0.4 is 10.5 Å². The predicted molar refractivity (Wildman–Crippen MR) is 74.4 cm³/mol. The van der Waals surface area contributed by atoms with E-state index in [4.69, 9.17) is 15.7 Å². The van der Waals surface area contributed by atoms with Crippen LogP contribution in [-0.2, 0) is 6.42 Å². The Morgan fingerprint density at radius 2 is 1.78 bits per heavy atom. The summed E-state index contributed by atoms with van der Waals surface area (Å²) in [5.74, 6) is 1.42. The fourth-order valence-corrected chi connectivity index (χ4v) is 1.79. The Morgan fingerprint density at radius 1 is 1.11 bits per heavy atom.